The van der Waals surface area contributed by atoms with Crippen molar-refractivity contribution in [1.82, 2.24) is 20.2 Å². The Hall–Kier alpha value is -2.28. The molecular weight excluding hydrogens is 337 g/mol. The number of rotatable bonds is 2. The fourth-order valence-corrected chi connectivity index (χ4v) is 2.38. The van der Waals surface area contributed by atoms with Crippen LogP contribution in [0.2, 0.25) is 0 Å². The Morgan fingerprint density at radius 1 is 1.19 bits per heavy atom. The van der Waals surface area contributed by atoms with Crippen LogP contribution in [-0.2, 0) is 0 Å². The third-order valence-corrected chi connectivity index (χ3v) is 3.67. The Bertz CT molecular complexity index is 815. The van der Waals surface area contributed by atoms with Gasteiger partial charge in [0.05, 0.1) is 10.2 Å². The normalized spacial score (nSPS) is 10.8. The van der Waals surface area contributed by atoms with E-state index in [0.29, 0.717) is 21.7 Å². The van der Waals surface area contributed by atoms with Crippen molar-refractivity contribution in [3.63, 3.8) is 0 Å². The van der Waals surface area contributed by atoms with Gasteiger partial charge < -0.3 is 5.73 Å². The van der Waals surface area contributed by atoms with E-state index in [1.165, 1.54) is 10.7 Å². The molecule has 0 saturated heterocycles. The van der Waals surface area contributed by atoms with Crippen LogP contribution >= 0.6 is 15.9 Å². The Morgan fingerprint density at radius 2 is 2.00 bits per heavy atom. The van der Waals surface area contributed by atoms with E-state index in [-0.39, 0.29) is 5.82 Å². The molecule has 0 amide bonds. The van der Waals surface area contributed by atoms with E-state index in [1.807, 2.05) is 25.1 Å². The maximum Gasteiger partial charge on any atom is 0.189 e. The minimum absolute atomic E-state index is 0.344. The monoisotopic (exact) mass is 347 g/mol. The van der Waals surface area contributed by atoms with E-state index < -0.39 is 0 Å². The number of hydrogen-bond donors (Lipinski definition) is 1. The highest BCUT2D eigenvalue weighted by Crippen LogP contribution is 2.27. The van der Waals surface area contributed by atoms with Gasteiger partial charge in [0.15, 0.2) is 5.82 Å². The zero-order chi connectivity index (χ0) is 15.0. The maximum atomic E-state index is 13.4. The van der Waals surface area contributed by atoms with Crippen molar-refractivity contribution in [1.29, 1.82) is 0 Å². The van der Waals surface area contributed by atoms with Gasteiger partial charge >= 0.3 is 0 Å². The SMILES string of the molecule is Cc1ccc(N)c(-c2nnnn2-c2ccc(F)c(Br)c2)c1. The van der Waals surface area contributed by atoms with Crippen LogP contribution in [0, 0.1) is 12.7 Å². The van der Waals surface area contributed by atoms with E-state index in [9.17, 15) is 4.39 Å². The molecule has 0 aliphatic heterocycles. The fourth-order valence-electron chi connectivity index (χ4n) is 2.01. The molecule has 0 radical (unpaired) electrons. The second-order valence-electron chi connectivity index (χ2n) is 4.60. The van der Waals surface area contributed by atoms with Gasteiger partial charge in [-0.15, -0.1) is 5.10 Å². The van der Waals surface area contributed by atoms with Gasteiger partial charge in [-0.2, -0.15) is 4.68 Å². The lowest BCUT2D eigenvalue weighted by Gasteiger charge is -2.08. The number of halogens is 2. The highest BCUT2D eigenvalue weighted by molar-refractivity contribution is 9.10. The Labute approximate surface area is 128 Å². The van der Waals surface area contributed by atoms with Crippen LogP contribution in [-0.4, -0.2) is 20.2 Å². The van der Waals surface area contributed by atoms with Gasteiger partial charge in [0.1, 0.15) is 5.82 Å². The van der Waals surface area contributed by atoms with Gasteiger partial charge in [-0.3, -0.25) is 0 Å². The lowest BCUT2D eigenvalue weighted by Crippen LogP contribution is -2.02. The van der Waals surface area contributed by atoms with Crippen LogP contribution in [0.4, 0.5) is 10.1 Å². The molecule has 0 aliphatic carbocycles. The molecular formula is C14H11BrFN5. The first kappa shape index (κ1) is 13.7. The number of aromatic nitrogens is 4. The average Bonchev–Trinajstić information content (AvgIpc) is 2.93. The van der Waals surface area contributed by atoms with Crippen LogP contribution in [0.1, 0.15) is 5.56 Å². The first-order chi connectivity index (χ1) is 10.1. The van der Waals surface area contributed by atoms with Gasteiger partial charge in [-0.25, -0.2) is 4.39 Å². The lowest BCUT2D eigenvalue weighted by molar-refractivity contribution is 0.620. The zero-order valence-electron chi connectivity index (χ0n) is 11.1. The Balaban J connectivity index is 2.17. The summed E-state index contributed by atoms with van der Waals surface area (Å²) in [4.78, 5) is 0. The van der Waals surface area contributed by atoms with Gasteiger partial charge in [0.2, 0.25) is 0 Å². The quantitative estimate of drug-likeness (QED) is 0.723. The molecule has 0 fully saturated rings. The molecule has 0 aliphatic rings. The number of hydrogen-bond acceptors (Lipinski definition) is 4. The highest BCUT2D eigenvalue weighted by atomic mass is 79.9. The van der Waals surface area contributed by atoms with Crippen molar-refractivity contribution in [2.75, 3.05) is 5.73 Å². The summed E-state index contributed by atoms with van der Waals surface area (Å²) < 4.78 is 15.2. The fraction of sp³-hybridized carbons (Fsp3) is 0.0714. The molecule has 2 aromatic carbocycles. The largest absolute Gasteiger partial charge is 0.398 e. The van der Waals surface area contributed by atoms with E-state index in [2.05, 4.69) is 31.5 Å². The molecule has 21 heavy (non-hydrogen) atoms. The first-order valence-electron chi connectivity index (χ1n) is 6.16. The van der Waals surface area contributed by atoms with Gasteiger partial charge in [0.25, 0.3) is 0 Å². The predicted molar refractivity (Wildman–Crippen MR) is 81.4 cm³/mol. The number of nitrogen functional groups attached to an aromatic ring is 1. The van der Waals surface area contributed by atoms with Crippen molar-refractivity contribution in [3.8, 4) is 17.1 Å². The summed E-state index contributed by atoms with van der Waals surface area (Å²) in [6, 6.07) is 10.2. The molecule has 2 N–H and O–H groups in total. The topological polar surface area (TPSA) is 69.6 Å². The third-order valence-electron chi connectivity index (χ3n) is 3.07. The minimum atomic E-state index is -0.344. The summed E-state index contributed by atoms with van der Waals surface area (Å²) in [7, 11) is 0. The molecule has 1 heterocycles. The molecule has 7 heteroatoms. The second kappa shape index (κ2) is 5.25. The van der Waals surface area contributed by atoms with Gasteiger partial charge in [-0.05, 0) is 63.6 Å². The maximum absolute atomic E-state index is 13.4. The van der Waals surface area contributed by atoms with Crippen molar-refractivity contribution >= 4 is 21.6 Å². The van der Waals surface area contributed by atoms with E-state index in [4.69, 9.17) is 5.73 Å². The second-order valence-corrected chi connectivity index (χ2v) is 5.46. The Morgan fingerprint density at radius 3 is 2.76 bits per heavy atom. The van der Waals surface area contributed by atoms with Crippen LogP contribution in [0.5, 0.6) is 0 Å². The Kier molecular flexibility index (Phi) is 3.42. The summed E-state index contributed by atoms with van der Waals surface area (Å²) in [6.07, 6.45) is 0. The number of nitrogens with zero attached hydrogens (tertiary/aromatic N) is 4. The van der Waals surface area contributed by atoms with Crippen LogP contribution < -0.4 is 5.73 Å². The molecule has 0 atom stereocenters. The number of nitrogens with two attached hydrogens (primary N) is 1. The number of tetrazole rings is 1. The number of anilines is 1. The van der Waals surface area contributed by atoms with E-state index >= 15 is 0 Å². The van der Waals surface area contributed by atoms with E-state index in [0.717, 1.165) is 11.1 Å². The summed E-state index contributed by atoms with van der Waals surface area (Å²) in [5, 5.41) is 11.7. The van der Waals surface area contributed by atoms with Crippen molar-refractivity contribution < 1.29 is 4.39 Å². The molecule has 0 saturated carbocycles. The average molecular weight is 348 g/mol. The van der Waals surface area contributed by atoms with Gasteiger partial charge in [0, 0.05) is 11.3 Å². The predicted octanol–water partition coefficient (Wildman–Crippen LogP) is 3.12. The molecule has 106 valence electrons. The smallest absolute Gasteiger partial charge is 0.189 e. The van der Waals surface area contributed by atoms with Gasteiger partial charge in [-0.1, -0.05) is 11.6 Å². The summed E-state index contributed by atoms with van der Waals surface area (Å²) in [5.74, 6) is 0.165. The molecule has 3 rings (SSSR count). The van der Waals surface area contributed by atoms with Crippen molar-refractivity contribution in [2.24, 2.45) is 0 Å². The molecule has 0 bridgehead atoms. The van der Waals surface area contributed by atoms with Crippen LogP contribution in [0.15, 0.2) is 40.9 Å². The minimum Gasteiger partial charge on any atom is -0.398 e. The molecule has 0 spiro atoms. The standard InChI is InChI=1S/C14H11BrFN5/c1-8-2-5-13(17)10(6-8)14-18-19-20-21(14)9-3-4-12(16)11(15)7-9/h2-7H,17H2,1H3. The molecule has 5 nitrogen and oxygen atoms in total. The number of aryl methyl sites for hydroxylation is 1. The molecule has 0 unspecified atom stereocenters. The number of benzene rings is 2. The highest BCUT2D eigenvalue weighted by Gasteiger charge is 2.14. The summed E-state index contributed by atoms with van der Waals surface area (Å²) in [5.41, 5.74) is 9.01. The lowest BCUT2D eigenvalue weighted by atomic mass is 10.1. The van der Waals surface area contributed by atoms with Crippen LogP contribution in [0.3, 0.4) is 0 Å². The first-order valence-corrected chi connectivity index (χ1v) is 6.96. The molecule has 3 aromatic rings. The van der Waals surface area contributed by atoms with Crippen molar-refractivity contribution in [2.45, 2.75) is 6.92 Å². The third kappa shape index (κ3) is 2.52. The van der Waals surface area contributed by atoms with Crippen LogP contribution in [0.25, 0.3) is 17.1 Å². The summed E-state index contributed by atoms with van der Waals surface area (Å²) >= 11 is 3.16. The molecule has 1 aromatic heterocycles. The van der Waals surface area contributed by atoms with Crippen molar-refractivity contribution in [3.05, 3.63) is 52.3 Å². The summed E-state index contributed by atoms with van der Waals surface area (Å²) in [6.45, 7) is 1.96. The van der Waals surface area contributed by atoms with E-state index in [1.54, 1.807) is 12.1 Å². The zero-order valence-corrected chi connectivity index (χ0v) is 12.7.